The number of aromatic carboxylic acids is 1. The Balaban J connectivity index is 2.11. The van der Waals surface area contributed by atoms with E-state index in [4.69, 9.17) is 5.11 Å². The van der Waals surface area contributed by atoms with Crippen LogP contribution in [0.2, 0.25) is 0 Å². The first-order valence-electron chi connectivity index (χ1n) is 6.24. The zero-order valence-electron chi connectivity index (χ0n) is 11.6. The van der Waals surface area contributed by atoms with Crippen molar-refractivity contribution in [3.8, 4) is 5.75 Å². The standard InChI is InChI=1S/C14H15N3O4/c1-8-5-9(2)17(16-8)7-13(19)15-10-3-4-12(18)11(6-10)14(20)21/h3-6,18H,7H2,1-2H3,(H,15,19)(H,20,21). The molecule has 0 aliphatic carbocycles. The van der Waals surface area contributed by atoms with Gasteiger partial charge < -0.3 is 15.5 Å². The molecular weight excluding hydrogens is 274 g/mol. The molecule has 0 aliphatic heterocycles. The van der Waals surface area contributed by atoms with Crippen molar-refractivity contribution in [2.45, 2.75) is 20.4 Å². The maximum absolute atomic E-state index is 11.9. The molecular formula is C14H15N3O4. The third kappa shape index (κ3) is 3.38. The van der Waals surface area contributed by atoms with Gasteiger partial charge >= 0.3 is 5.97 Å². The number of nitrogens with one attached hydrogen (secondary N) is 1. The lowest BCUT2D eigenvalue weighted by molar-refractivity contribution is -0.116. The molecule has 0 saturated heterocycles. The number of carbonyl (C=O) groups is 2. The lowest BCUT2D eigenvalue weighted by atomic mass is 10.2. The van der Waals surface area contributed by atoms with E-state index in [-0.39, 0.29) is 23.8 Å². The molecule has 7 heteroatoms. The fourth-order valence-corrected chi connectivity index (χ4v) is 1.96. The lowest BCUT2D eigenvalue weighted by Crippen LogP contribution is -2.20. The third-order valence-corrected chi connectivity index (χ3v) is 2.91. The Labute approximate surface area is 120 Å². The van der Waals surface area contributed by atoms with E-state index in [2.05, 4.69) is 10.4 Å². The number of nitrogens with zero attached hydrogens (tertiary/aromatic N) is 2. The molecule has 7 nitrogen and oxygen atoms in total. The van der Waals surface area contributed by atoms with Crippen LogP contribution in [0.1, 0.15) is 21.7 Å². The fraction of sp³-hybridized carbons (Fsp3) is 0.214. The molecule has 1 amide bonds. The Hall–Kier alpha value is -2.83. The number of hydrogen-bond acceptors (Lipinski definition) is 4. The van der Waals surface area contributed by atoms with Crippen molar-refractivity contribution < 1.29 is 19.8 Å². The topological polar surface area (TPSA) is 104 Å². The SMILES string of the molecule is Cc1cc(C)n(CC(=O)Nc2ccc(O)c(C(=O)O)c2)n1. The number of carboxylic acid groups (broad SMARTS) is 1. The van der Waals surface area contributed by atoms with Crippen LogP contribution in [0.5, 0.6) is 5.75 Å². The fourth-order valence-electron chi connectivity index (χ4n) is 1.96. The summed E-state index contributed by atoms with van der Waals surface area (Å²) in [6.45, 7) is 3.71. The van der Waals surface area contributed by atoms with Gasteiger partial charge in [-0.1, -0.05) is 0 Å². The van der Waals surface area contributed by atoms with E-state index in [0.717, 1.165) is 11.4 Å². The van der Waals surface area contributed by atoms with E-state index in [9.17, 15) is 14.7 Å². The highest BCUT2D eigenvalue weighted by Gasteiger charge is 2.12. The van der Waals surface area contributed by atoms with Crippen LogP contribution in [-0.4, -0.2) is 31.9 Å². The van der Waals surface area contributed by atoms with E-state index < -0.39 is 5.97 Å². The molecule has 0 fully saturated rings. The largest absolute Gasteiger partial charge is 0.507 e. The second-order valence-electron chi connectivity index (χ2n) is 4.67. The van der Waals surface area contributed by atoms with Crippen molar-refractivity contribution in [3.05, 3.63) is 41.2 Å². The number of aromatic hydroxyl groups is 1. The van der Waals surface area contributed by atoms with Gasteiger partial charge in [-0.25, -0.2) is 4.79 Å². The van der Waals surface area contributed by atoms with E-state index in [0.29, 0.717) is 5.69 Å². The van der Waals surface area contributed by atoms with Gasteiger partial charge in [-0.3, -0.25) is 9.48 Å². The number of carboxylic acids is 1. The van der Waals surface area contributed by atoms with Gasteiger partial charge in [-0.2, -0.15) is 5.10 Å². The van der Waals surface area contributed by atoms with Gasteiger partial charge in [0.05, 0.1) is 5.69 Å². The number of rotatable bonds is 4. The van der Waals surface area contributed by atoms with Crippen molar-refractivity contribution in [2.75, 3.05) is 5.32 Å². The predicted octanol–water partition coefficient (Wildman–Crippen LogP) is 1.54. The Kier molecular flexibility index (Phi) is 3.93. The summed E-state index contributed by atoms with van der Waals surface area (Å²) in [6.07, 6.45) is 0. The molecule has 21 heavy (non-hydrogen) atoms. The van der Waals surface area contributed by atoms with Gasteiger partial charge in [0.15, 0.2) is 0 Å². The Morgan fingerprint density at radius 3 is 2.57 bits per heavy atom. The molecule has 0 spiro atoms. The molecule has 0 saturated carbocycles. The maximum atomic E-state index is 11.9. The first-order valence-corrected chi connectivity index (χ1v) is 6.24. The van der Waals surface area contributed by atoms with Gasteiger partial charge in [0.1, 0.15) is 17.9 Å². The summed E-state index contributed by atoms with van der Waals surface area (Å²) < 4.78 is 1.56. The van der Waals surface area contributed by atoms with Crippen LogP contribution in [0.3, 0.4) is 0 Å². The monoisotopic (exact) mass is 289 g/mol. The number of benzene rings is 1. The first kappa shape index (κ1) is 14.6. The first-order chi connectivity index (χ1) is 9.86. The minimum absolute atomic E-state index is 0.0307. The van der Waals surface area contributed by atoms with E-state index in [1.54, 1.807) is 4.68 Å². The quantitative estimate of drug-likeness (QED) is 0.741. The highest BCUT2D eigenvalue weighted by atomic mass is 16.4. The third-order valence-electron chi connectivity index (χ3n) is 2.91. The normalized spacial score (nSPS) is 10.4. The average molecular weight is 289 g/mol. The highest BCUT2D eigenvalue weighted by molar-refractivity contribution is 5.95. The van der Waals surface area contributed by atoms with Crippen LogP contribution in [0.4, 0.5) is 5.69 Å². The number of hydrogen-bond donors (Lipinski definition) is 3. The van der Waals surface area contributed by atoms with Gasteiger partial charge in [0, 0.05) is 11.4 Å². The lowest BCUT2D eigenvalue weighted by Gasteiger charge is -2.08. The summed E-state index contributed by atoms with van der Waals surface area (Å²) in [4.78, 5) is 22.8. The number of aryl methyl sites for hydroxylation is 2. The van der Waals surface area contributed by atoms with E-state index in [1.807, 2.05) is 19.9 Å². The van der Waals surface area contributed by atoms with E-state index in [1.165, 1.54) is 18.2 Å². The molecule has 0 unspecified atom stereocenters. The van der Waals surface area contributed by atoms with E-state index >= 15 is 0 Å². The molecule has 2 aromatic rings. The predicted molar refractivity (Wildman–Crippen MR) is 75.4 cm³/mol. The second kappa shape index (κ2) is 5.66. The summed E-state index contributed by atoms with van der Waals surface area (Å²) in [5.41, 5.74) is 1.72. The molecule has 0 radical (unpaired) electrons. The second-order valence-corrected chi connectivity index (χ2v) is 4.67. The summed E-state index contributed by atoms with van der Waals surface area (Å²) in [7, 11) is 0. The average Bonchev–Trinajstić information content (AvgIpc) is 2.69. The van der Waals surface area contributed by atoms with Crippen LogP contribution in [0, 0.1) is 13.8 Å². The van der Waals surface area contributed by atoms with Gasteiger partial charge in [-0.05, 0) is 38.1 Å². The molecule has 1 heterocycles. The maximum Gasteiger partial charge on any atom is 0.339 e. The highest BCUT2D eigenvalue weighted by Crippen LogP contribution is 2.21. The minimum Gasteiger partial charge on any atom is -0.507 e. The Morgan fingerprint density at radius 2 is 2.00 bits per heavy atom. The Morgan fingerprint density at radius 1 is 1.29 bits per heavy atom. The molecule has 1 aromatic carbocycles. The summed E-state index contributed by atoms with van der Waals surface area (Å²) in [5, 5.41) is 25.1. The van der Waals surface area contributed by atoms with Crippen molar-refractivity contribution in [2.24, 2.45) is 0 Å². The van der Waals surface area contributed by atoms with Crippen molar-refractivity contribution >= 4 is 17.6 Å². The number of amides is 1. The number of carbonyl (C=O) groups excluding carboxylic acids is 1. The molecule has 1 aromatic heterocycles. The minimum atomic E-state index is -1.26. The van der Waals surface area contributed by atoms with Crippen LogP contribution < -0.4 is 5.32 Å². The van der Waals surface area contributed by atoms with Gasteiger partial charge in [0.2, 0.25) is 5.91 Å². The van der Waals surface area contributed by atoms with Crippen LogP contribution in [-0.2, 0) is 11.3 Å². The van der Waals surface area contributed by atoms with Crippen LogP contribution >= 0.6 is 0 Å². The van der Waals surface area contributed by atoms with Crippen LogP contribution in [0.15, 0.2) is 24.3 Å². The number of anilines is 1. The zero-order chi connectivity index (χ0) is 15.6. The molecule has 2 rings (SSSR count). The number of aromatic nitrogens is 2. The Bertz CT molecular complexity index is 706. The van der Waals surface area contributed by atoms with Crippen LogP contribution in [0.25, 0.3) is 0 Å². The summed E-state index contributed by atoms with van der Waals surface area (Å²) in [6, 6.07) is 5.72. The molecule has 0 bridgehead atoms. The number of phenols is 1. The molecule has 0 aliphatic rings. The molecule has 0 atom stereocenters. The van der Waals surface area contributed by atoms with Crippen molar-refractivity contribution in [1.82, 2.24) is 9.78 Å². The smallest absolute Gasteiger partial charge is 0.339 e. The zero-order valence-corrected chi connectivity index (χ0v) is 11.6. The van der Waals surface area contributed by atoms with Gasteiger partial charge in [-0.15, -0.1) is 0 Å². The summed E-state index contributed by atoms with van der Waals surface area (Å²) in [5.74, 6) is -1.94. The molecule has 110 valence electrons. The molecule has 3 N–H and O–H groups in total. The van der Waals surface area contributed by atoms with Gasteiger partial charge in [0.25, 0.3) is 0 Å². The van der Waals surface area contributed by atoms with Crippen molar-refractivity contribution in [3.63, 3.8) is 0 Å². The summed E-state index contributed by atoms with van der Waals surface area (Å²) >= 11 is 0. The van der Waals surface area contributed by atoms with Crippen molar-refractivity contribution in [1.29, 1.82) is 0 Å².